The van der Waals surface area contributed by atoms with Crippen LogP contribution in [-0.4, -0.2) is 20.3 Å². The zero-order valence-corrected chi connectivity index (χ0v) is 7.23. The van der Waals surface area contributed by atoms with Crippen LogP contribution in [0.3, 0.4) is 0 Å². The lowest BCUT2D eigenvalue weighted by Gasteiger charge is -2.09. The predicted octanol–water partition coefficient (Wildman–Crippen LogP) is -0.235. The number of sulfonamides is 1. The first-order valence-corrected chi connectivity index (χ1v) is 5.40. The van der Waals surface area contributed by atoms with Crippen LogP contribution in [0.15, 0.2) is 0 Å². The summed E-state index contributed by atoms with van der Waals surface area (Å²) in [5, 5.41) is -0.189. The molecule has 1 aliphatic carbocycles. The lowest BCUT2D eigenvalue weighted by Crippen LogP contribution is -2.36. The minimum Gasteiger partial charge on any atom is -0.318 e. The van der Waals surface area contributed by atoms with Gasteiger partial charge in [-0.3, -0.25) is 0 Å². The standard InChI is InChI=1S/C6H14N2O2S/c7-5-8-11(9,10)6-3-1-2-4-6/h6,8H,1-5,7H2. The fourth-order valence-corrected chi connectivity index (χ4v) is 2.85. The SMILES string of the molecule is NCNS(=O)(=O)C1CCCC1. The van der Waals surface area contributed by atoms with Crippen molar-refractivity contribution in [3.63, 3.8) is 0 Å². The highest BCUT2D eigenvalue weighted by molar-refractivity contribution is 7.90. The first-order valence-electron chi connectivity index (χ1n) is 3.85. The number of rotatable bonds is 3. The van der Waals surface area contributed by atoms with Gasteiger partial charge in [-0.2, -0.15) is 0 Å². The van der Waals surface area contributed by atoms with Gasteiger partial charge in [0.25, 0.3) is 0 Å². The van der Waals surface area contributed by atoms with Crippen LogP contribution in [0.2, 0.25) is 0 Å². The molecule has 0 aliphatic heterocycles. The molecule has 1 saturated carbocycles. The van der Waals surface area contributed by atoms with Gasteiger partial charge in [-0.25, -0.2) is 13.1 Å². The molecule has 0 bridgehead atoms. The second kappa shape index (κ2) is 3.51. The van der Waals surface area contributed by atoms with Gasteiger partial charge in [-0.1, -0.05) is 12.8 Å². The van der Waals surface area contributed by atoms with Gasteiger partial charge in [0, 0.05) is 0 Å². The third-order valence-electron chi connectivity index (χ3n) is 2.03. The Morgan fingerprint density at radius 2 is 1.91 bits per heavy atom. The summed E-state index contributed by atoms with van der Waals surface area (Å²) >= 11 is 0. The highest BCUT2D eigenvalue weighted by Crippen LogP contribution is 2.23. The summed E-state index contributed by atoms with van der Waals surface area (Å²) in [5.41, 5.74) is 5.09. The quantitative estimate of drug-likeness (QED) is 0.586. The molecule has 0 aromatic carbocycles. The molecule has 0 aromatic rings. The van der Waals surface area contributed by atoms with Crippen LogP contribution in [0, 0.1) is 0 Å². The van der Waals surface area contributed by atoms with Crippen molar-refractivity contribution in [3.8, 4) is 0 Å². The normalized spacial score (nSPS) is 20.8. The van der Waals surface area contributed by atoms with Crippen molar-refractivity contribution < 1.29 is 8.42 Å². The highest BCUT2D eigenvalue weighted by atomic mass is 32.2. The zero-order valence-electron chi connectivity index (χ0n) is 6.41. The fraction of sp³-hybridized carbons (Fsp3) is 1.00. The summed E-state index contributed by atoms with van der Waals surface area (Å²) < 4.78 is 24.8. The van der Waals surface area contributed by atoms with E-state index in [-0.39, 0.29) is 11.9 Å². The number of hydrogen-bond acceptors (Lipinski definition) is 3. The summed E-state index contributed by atoms with van der Waals surface area (Å²) in [6.07, 6.45) is 3.62. The van der Waals surface area contributed by atoms with Crippen LogP contribution in [0.5, 0.6) is 0 Å². The molecule has 0 unspecified atom stereocenters. The molecule has 1 fully saturated rings. The average molecular weight is 178 g/mol. The van der Waals surface area contributed by atoms with E-state index in [1.54, 1.807) is 0 Å². The molecule has 11 heavy (non-hydrogen) atoms. The van der Waals surface area contributed by atoms with Gasteiger partial charge >= 0.3 is 0 Å². The topological polar surface area (TPSA) is 72.2 Å². The minimum absolute atomic E-state index is 0.0127. The molecule has 5 heteroatoms. The Morgan fingerprint density at radius 3 is 2.36 bits per heavy atom. The molecule has 0 saturated heterocycles. The minimum atomic E-state index is -3.09. The Bertz CT molecular complexity index is 207. The van der Waals surface area contributed by atoms with Gasteiger partial charge in [0.15, 0.2) is 0 Å². The van der Waals surface area contributed by atoms with Crippen LogP contribution >= 0.6 is 0 Å². The van der Waals surface area contributed by atoms with Crippen LogP contribution in [0.1, 0.15) is 25.7 Å². The molecule has 0 atom stereocenters. The maximum Gasteiger partial charge on any atom is 0.215 e. The largest absolute Gasteiger partial charge is 0.318 e. The van der Waals surface area contributed by atoms with Gasteiger partial charge in [0.05, 0.1) is 11.9 Å². The van der Waals surface area contributed by atoms with Crippen LogP contribution < -0.4 is 10.5 Å². The second-order valence-electron chi connectivity index (χ2n) is 2.80. The summed E-state index contributed by atoms with van der Waals surface area (Å²) in [6, 6.07) is 0. The van der Waals surface area contributed by atoms with E-state index in [4.69, 9.17) is 5.73 Å². The van der Waals surface area contributed by atoms with E-state index in [1.165, 1.54) is 0 Å². The van der Waals surface area contributed by atoms with Crippen molar-refractivity contribution in [2.45, 2.75) is 30.9 Å². The Hall–Kier alpha value is -0.130. The van der Waals surface area contributed by atoms with Gasteiger partial charge in [-0.05, 0) is 12.8 Å². The monoisotopic (exact) mass is 178 g/mol. The van der Waals surface area contributed by atoms with E-state index in [1.807, 2.05) is 0 Å². The molecule has 4 nitrogen and oxygen atoms in total. The molecule has 0 heterocycles. The maximum absolute atomic E-state index is 11.2. The molecular formula is C6H14N2O2S. The van der Waals surface area contributed by atoms with Crippen molar-refractivity contribution in [2.75, 3.05) is 6.67 Å². The van der Waals surface area contributed by atoms with E-state index in [0.717, 1.165) is 25.7 Å². The Kier molecular flexibility index (Phi) is 2.86. The smallest absolute Gasteiger partial charge is 0.215 e. The van der Waals surface area contributed by atoms with E-state index < -0.39 is 10.0 Å². The number of nitrogens with two attached hydrogens (primary N) is 1. The van der Waals surface area contributed by atoms with E-state index in [0.29, 0.717) is 0 Å². The summed E-state index contributed by atoms with van der Waals surface area (Å²) in [6.45, 7) is 0.0127. The van der Waals surface area contributed by atoms with Crippen LogP contribution in [0.25, 0.3) is 0 Å². The zero-order chi connectivity index (χ0) is 8.32. The van der Waals surface area contributed by atoms with Crippen molar-refractivity contribution in [1.82, 2.24) is 4.72 Å². The first-order chi connectivity index (χ1) is 5.17. The van der Waals surface area contributed by atoms with E-state index in [9.17, 15) is 8.42 Å². The third-order valence-corrected chi connectivity index (χ3v) is 3.94. The average Bonchev–Trinajstić information content (AvgIpc) is 2.37. The molecule has 3 N–H and O–H groups in total. The van der Waals surface area contributed by atoms with Gasteiger partial charge in [0.1, 0.15) is 0 Å². The lowest BCUT2D eigenvalue weighted by molar-refractivity contribution is 0.566. The summed E-state index contributed by atoms with van der Waals surface area (Å²) in [4.78, 5) is 0. The van der Waals surface area contributed by atoms with E-state index in [2.05, 4.69) is 4.72 Å². The summed E-state index contributed by atoms with van der Waals surface area (Å²) in [5.74, 6) is 0. The highest BCUT2D eigenvalue weighted by Gasteiger charge is 2.27. The molecular weight excluding hydrogens is 164 g/mol. The van der Waals surface area contributed by atoms with E-state index >= 15 is 0 Å². The van der Waals surface area contributed by atoms with Crippen molar-refractivity contribution in [1.29, 1.82) is 0 Å². The van der Waals surface area contributed by atoms with Crippen molar-refractivity contribution in [2.24, 2.45) is 5.73 Å². The molecule has 0 radical (unpaired) electrons. The molecule has 1 aliphatic rings. The van der Waals surface area contributed by atoms with Gasteiger partial charge < -0.3 is 5.73 Å². The van der Waals surface area contributed by atoms with Crippen LogP contribution in [-0.2, 0) is 10.0 Å². The first kappa shape index (κ1) is 8.96. The molecule has 1 rings (SSSR count). The number of nitrogens with one attached hydrogen (secondary N) is 1. The molecule has 0 aromatic heterocycles. The van der Waals surface area contributed by atoms with Crippen molar-refractivity contribution >= 4 is 10.0 Å². The lowest BCUT2D eigenvalue weighted by atomic mass is 10.4. The summed E-state index contributed by atoms with van der Waals surface area (Å²) in [7, 11) is -3.09. The second-order valence-corrected chi connectivity index (χ2v) is 4.85. The van der Waals surface area contributed by atoms with Gasteiger partial charge in [0.2, 0.25) is 10.0 Å². The Labute approximate surface area is 67.2 Å². The maximum atomic E-state index is 11.2. The predicted molar refractivity (Wildman–Crippen MR) is 43.4 cm³/mol. The van der Waals surface area contributed by atoms with Crippen molar-refractivity contribution in [3.05, 3.63) is 0 Å². The van der Waals surface area contributed by atoms with Crippen LogP contribution in [0.4, 0.5) is 0 Å². The van der Waals surface area contributed by atoms with Gasteiger partial charge in [-0.15, -0.1) is 0 Å². The molecule has 0 spiro atoms. The Morgan fingerprint density at radius 1 is 1.36 bits per heavy atom. The molecule has 66 valence electrons. The Balaban J connectivity index is 2.56. The third kappa shape index (κ3) is 2.15. The number of hydrogen-bond donors (Lipinski definition) is 2. The molecule has 0 amide bonds. The fourth-order valence-electron chi connectivity index (χ4n) is 1.43.